The number of carbonyl (C=O) groups is 1. The van der Waals surface area contributed by atoms with E-state index in [4.69, 9.17) is 15.7 Å². The van der Waals surface area contributed by atoms with Crippen LogP contribution in [0.2, 0.25) is 0 Å². The Kier molecular flexibility index (Phi) is 6.11. The third-order valence-corrected chi connectivity index (χ3v) is 1.39. The van der Waals surface area contributed by atoms with Crippen LogP contribution in [0.3, 0.4) is 0 Å². The van der Waals surface area contributed by atoms with Gasteiger partial charge in [0.1, 0.15) is 0 Å². The Morgan fingerprint density at radius 1 is 1.30 bits per heavy atom. The summed E-state index contributed by atoms with van der Waals surface area (Å²) in [4.78, 5) is 8.36. The highest BCUT2D eigenvalue weighted by Crippen LogP contribution is 2.03. The summed E-state index contributed by atoms with van der Waals surface area (Å²) >= 11 is 0. The monoisotopic (exact) mass is 146 g/mol. The highest BCUT2D eigenvalue weighted by molar-refractivity contribution is 5.32. The van der Waals surface area contributed by atoms with Crippen molar-refractivity contribution in [1.29, 1.82) is 0 Å². The molecule has 0 bridgehead atoms. The lowest BCUT2D eigenvalue weighted by Crippen LogP contribution is -2.35. The number of hydrogen-bond donors (Lipinski definition) is 2. The van der Waals surface area contributed by atoms with Gasteiger partial charge in [-0.05, 0) is 12.8 Å². The molecule has 4 nitrogen and oxygen atoms in total. The van der Waals surface area contributed by atoms with Gasteiger partial charge in [-0.2, -0.15) is 0 Å². The summed E-state index contributed by atoms with van der Waals surface area (Å²) < 4.78 is 0. The highest BCUT2D eigenvalue weighted by Gasteiger charge is 2.02. The Labute approximate surface area is 60.6 Å². The summed E-state index contributed by atoms with van der Waals surface area (Å²) in [5.41, 5.74) is 0. The average molecular weight is 146 g/mol. The number of nitrogens with two attached hydrogens (primary N) is 1. The van der Waals surface area contributed by atoms with Crippen molar-refractivity contribution >= 4 is 6.47 Å². The van der Waals surface area contributed by atoms with Crippen molar-refractivity contribution in [1.82, 2.24) is 5.01 Å². The van der Waals surface area contributed by atoms with E-state index in [9.17, 15) is 0 Å². The summed E-state index contributed by atoms with van der Waals surface area (Å²) in [5.74, 6) is 5.47. The minimum Gasteiger partial charge on any atom is -0.483 e. The molecule has 3 N–H and O–H groups in total. The van der Waals surface area contributed by atoms with E-state index in [1.165, 1.54) is 19.3 Å². The second kappa shape index (κ2) is 6.51. The number of hydrogen-bond acceptors (Lipinski definition) is 3. The topological polar surface area (TPSA) is 66.6 Å². The van der Waals surface area contributed by atoms with Crippen LogP contribution in [0.15, 0.2) is 0 Å². The van der Waals surface area contributed by atoms with Crippen LogP contribution >= 0.6 is 0 Å². The molecule has 0 saturated carbocycles. The van der Waals surface area contributed by atoms with E-state index in [0.29, 0.717) is 0 Å². The van der Waals surface area contributed by atoms with Gasteiger partial charge < -0.3 is 5.11 Å². The van der Waals surface area contributed by atoms with Crippen molar-refractivity contribution in [3.63, 3.8) is 0 Å². The van der Waals surface area contributed by atoms with Crippen LogP contribution in [0.1, 0.15) is 19.3 Å². The van der Waals surface area contributed by atoms with Gasteiger partial charge >= 0.3 is 0 Å². The second-order valence-electron chi connectivity index (χ2n) is 2.20. The van der Waals surface area contributed by atoms with Crippen molar-refractivity contribution < 1.29 is 9.90 Å². The third-order valence-electron chi connectivity index (χ3n) is 1.39. The standard InChI is InChI=1S/C5H12N2.CH2O2/c6-7-4-2-1-3-5-7;2-1-3/h1-6H2;1H,(H,2,3). The molecular formula is C6H14N2O2. The molecule has 1 rings (SSSR count). The van der Waals surface area contributed by atoms with Crippen molar-refractivity contribution in [2.75, 3.05) is 13.1 Å². The van der Waals surface area contributed by atoms with Crippen molar-refractivity contribution in [3.8, 4) is 0 Å². The van der Waals surface area contributed by atoms with Gasteiger partial charge in [-0.15, -0.1) is 0 Å². The molecule has 1 aliphatic rings. The molecule has 1 heterocycles. The van der Waals surface area contributed by atoms with Crippen molar-refractivity contribution in [3.05, 3.63) is 0 Å². The quantitative estimate of drug-likeness (QED) is 0.374. The molecule has 1 aliphatic heterocycles. The zero-order valence-corrected chi connectivity index (χ0v) is 5.99. The van der Waals surface area contributed by atoms with Gasteiger partial charge in [-0.25, -0.2) is 5.01 Å². The zero-order valence-electron chi connectivity index (χ0n) is 5.99. The van der Waals surface area contributed by atoms with Crippen LogP contribution < -0.4 is 5.84 Å². The SMILES string of the molecule is NN1CCCCC1.O=CO. The number of piperidine rings is 1. The maximum atomic E-state index is 8.36. The summed E-state index contributed by atoms with van der Waals surface area (Å²) in [6.45, 7) is 1.94. The first kappa shape index (κ1) is 9.39. The maximum absolute atomic E-state index is 8.36. The summed E-state index contributed by atoms with van der Waals surface area (Å²) in [7, 11) is 0. The molecule has 1 fully saturated rings. The van der Waals surface area contributed by atoms with Crippen LogP contribution in [0.5, 0.6) is 0 Å². The smallest absolute Gasteiger partial charge is 0.290 e. The van der Waals surface area contributed by atoms with Gasteiger partial charge in [-0.1, -0.05) is 6.42 Å². The van der Waals surface area contributed by atoms with Crippen LogP contribution in [-0.4, -0.2) is 29.7 Å². The van der Waals surface area contributed by atoms with Gasteiger partial charge in [0.05, 0.1) is 0 Å². The molecule has 1 saturated heterocycles. The van der Waals surface area contributed by atoms with E-state index in [2.05, 4.69) is 0 Å². The van der Waals surface area contributed by atoms with Crippen LogP contribution in [-0.2, 0) is 4.79 Å². The first-order valence-electron chi connectivity index (χ1n) is 3.38. The Morgan fingerprint density at radius 3 is 1.90 bits per heavy atom. The summed E-state index contributed by atoms with van der Waals surface area (Å²) in [5, 5.41) is 8.78. The molecule has 0 radical (unpaired) electrons. The molecule has 60 valence electrons. The van der Waals surface area contributed by atoms with Gasteiger partial charge in [0.15, 0.2) is 0 Å². The van der Waals surface area contributed by atoms with Crippen molar-refractivity contribution in [2.45, 2.75) is 19.3 Å². The fourth-order valence-electron chi connectivity index (χ4n) is 0.918. The van der Waals surface area contributed by atoms with Crippen LogP contribution in [0, 0.1) is 0 Å². The number of hydrazine groups is 1. The largest absolute Gasteiger partial charge is 0.483 e. The van der Waals surface area contributed by atoms with E-state index >= 15 is 0 Å². The predicted molar refractivity (Wildman–Crippen MR) is 38.3 cm³/mol. The van der Waals surface area contributed by atoms with E-state index in [1.54, 1.807) is 0 Å². The Balaban J connectivity index is 0.000000236. The van der Waals surface area contributed by atoms with Gasteiger partial charge in [0, 0.05) is 13.1 Å². The van der Waals surface area contributed by atoms with Gasteiger partial charge in [-0.3, -0.25) is 10.6 Å². The molecule has 0 unspecified atom stereocenters. The Hall–Kier alpha value is -0.610. The molecule has 0 aromatic rings. The maximum Gasteiger partial charge on any atom is 0.290 e. The summed E-state index contributed by atoms with van der Waals surface area (Å²) in [6, 6.07) is 0. The predicted octanol–water partition coefficient (Wildman–Crippen LogP) is 0.0468. The summed E-state index contributed by atoms with van der Waals surface area (Å²) in [6.07, 6.45) is 3.95. The third kappa shape index (κ3) is 5.53. The molecule has 4 heteroatoms. The molecule has 0 amide bonds. The molecule has 0 aromatic heterocycles. The zero-order chi connectivity index (χ0) is 7.82. The lowest BCUT2D eigenvalue weighted by atomic mass is 10.2. The minimum absolute atomic E-state index is 0.250. The van der Waals surface area contributed by atoms with E-state index in [-0.39, 0.29) is 6.47 Å². The van der Waals surface area contributed by atoms with Crippen LogP contribution in [0.4, 0.5) is 0 Å². The second-order valence-corrected chi connectivity index (χ2v) is 2.20. The first-order valence-corrected chi connectivity index (χ1v) is 3.38. The fraction of sp³-hybridized carbons (Fsp3) is 0.833. The van der Waals surface area contributed by atoms with Gasteiger partial charge in [0.2, 0.25) is 0 Å². The van der Waals surface area contributed by atoms with Crippen LogP contribution in [0.25, 0.3) is 0 Å². The molecule has 0 spiro atoms. The first-order chi connectivity index (χ1) is 4.81. The van der Waals surface area contributed by atoms with Crippen molar-refractivity contribution in [2.24, 2.45) is 5.84 Å². The fourth-order valence-corrected chi connectivity index (χ4v) is 0.918. The molecule has 0 aromatic carbocycles. The Morgan fingerprint density at radius 2 is 1.70 bits per heavy atom. The van der Waals surface area contributed by atoms with E-state index in [1.807, 2.05) is 5.01 Å². The number of nitrogens with zero attached hydrogens (tertiary/aromatic N) is 1. The van der Waals surface area contributed by atoms with E-state index < -0.39 is 0 Å². The average Bonchev–Trinajstić information content (AvgIpc) is 1.91. The number of rotatable bonds is 0. The van der Waals surface area contributed by atoms with E-state index in [0.717, 1.165) is 13.1 Å². The highest BCUT2D eigenvalue weighted by atomic mass is 16.3. The van der Waals surface area contributed by atoms with Gasteiger partial charge in [0.25, 0.3) is 6.47 Å². The minimum atomic E-state index is -0.250. The molecule has 0 atom stereocenters. The molecule has 0 aliphatic carbocycles. The molecule has 10 heavy (non-hydrogen) atoms. The number of carboxylic acid groups (broad SMARTS) is 1. The lowest BCUT2D eigenvalue weighted by Gasteiger charge is -2.20. The normalized spacial score (nSPS) is 18.9. The lowest BCUT2D eigenvalue weighted by molar-refractivity contribution is -0.122. The molecular weight excluding hydrogens is 132 g/mol. The Bertz CT molecular complexity index is 81.8.